The molecule has 3 N–H and O–H groups in total. The number of pyridine rings is 1. The van der Waals surface area contributed by atoms with E-state index in [1.54, 1.807) is 6.20 Å². The first-order chi connectivity index (χ1) is 9.78. The normalized spacial score (nSPS) is 22.9. The van der Waals surface area contributed by atoms with Crippen LogP contribution in [0.2, 0.25) is 0 Å². The van der Waals surface area contributed by atoms with Crippen LogP contribution >= 0.6 is 0 Å². The lowest BCUT2D eigenvalue weighted by Gasteiger charge is -2.30. The van der Waals surface area contributed by atoms with Crippen molar-refractivity contribution >= 4 is 22.1 Å². The second kappa shape index (κ2) is 5.70. The lowest BCUT2D eigenvalue weighted by molar-refractivity contribution is 0.327. The van der Waals surface area contributed by atoms with Gasteiger partial charge in [-0.05, 0) is 30.9 Å². The Morgan fingerprint density at radius 3 is 3.05 bits per heavy atom. The Labute approximate surface area is 120 Å². The molecule has 1 heterocycles. The summed E-state index contributed by atoms with van der Waals surface area (Å²) in [5, 5.41) is 5.85. The van der Waals surface area contributed by atoms with Crippen LogP contribution in [0.15, 0.2) is 30.6 Å². The summed E-state index contributed by atoms with van der Waals surface area (Å²) in [7, 11) is 0. The minimum atomic E-state index is 0.565. The van der Waals surface area contributed by atoms with Gasteiger partial charge in [-0.15, -0.1) is 0 Å². The standard InChI is InChI=1S/C17H23N3/c1-2-12-4-3-5-14(10-12)20-16-7-6-13-11-19-9-8-15(13)17(16)18/h6-9,11-12,14,20H,2-5,10,18H2,1H3. The van der Waals surface area contributed by atoms with E-state index in [9.17, 15) is 0 Å². The van der Waals surface area contributed by atoms with Crippen molar-refractivity contribution in [1.29, 1.82) is 0 Å². The van der Waals surface area contributed by atoms with E-state index in [0.29, 0.717) is 6.04 Å². The zero-order chi connectivity index (χ0) is 13.9. The van der Waals surface area contributed by atoms with Gasteiger partial charge in [-0.3, -0.25) is 4.98 Å². The SMILES string of the molecule is CCC1CCCC(Nc2ccc3cnccc3c2N)C1. The molecule has 1 fully saturated rings. The fourth-order valence-electron chi connectivity index (χ4n) is 3.33. The number of fused-ring (bicyclic) bond motifs is 1. The van der Waals surface area contributed by atoms with Crippen LogP contribution in [-0.4, -0.2) is 11.0 Å². The van der Waals surface area contributed by atoms with Gasteiger partial charge < -0.3 is 11.1 Å². The lowest BCUT2D eigenvalue weighted by atomic mass is 9.84. The van der Waals surface area contributed by atoms with E-state index in [1.807, 2.05) is 12.3 Å². The summed E-state index contributed by atoms with van der Waals surface area (Å²) < 4.78 is 0. The first kappa shape index (κ1) is 13.2. The van der Waals surface area contributed by atoms with Crippen molar-refractivity contribution < 1.29 is 0 Å². The number of nitrogens with zero attached hydrogens (tertiary/aromatic N) is 1. The maximum Gasteiger partial charge on any atom is 0.0630 e. The van der Waals surface area contributed by atoms with Crippen molar-refractivity contribution in [1.82, 2.24) is 4.98 Å². The molecule has 0 saturated heterocycles. The molecule has 106 valence electrons. The lowest BCUT2D eigenvalue weighted by Crippen LogP contribution is -2.27. The Bertz CT molecular complexity index is 594. The zero-order valence-electron chi connectivity index (χ0n) is 12.1. The number of nitrogens with one attached hydrogen (secondary N) is 1. The number of aromatic nitrogens is 1. The summed E-state index contributed by atoms with van der Waals surface area (Å²) in [4.78, 5) is 4.14. The van der Waals surface area contributed by atoms with Crippen molar-refractivity contribution in [2.24, 2.45) is 5.92 Å². The molecule has 2 aromatic rings. The molecule has 0 spiro atoms. The third kappa shape index (κ3) is 2.58. The smallest absolute Gasteiger partial charge is 0.0630 e. The van der Waals surface area contributed by atoms with Gasteiger partial charge in [0.2, 0.25) is 0 Å². The summed E-state index contributed by atoms with van der Waals surface area (Å²) in [5.41, 5.74) is 8.24. The highest BCUT2D eigenvalue weighted by atomic mass is 14.9. The highest BCUT2D eigenvalue weighted by Crippen LogP contribution is 2.32. The third-order valence-electron chi connectivity index (χ3n) is 4.58. The molecule has 2 unspecified atom stereocenters. The van der Waals surface area contributed by atoms with Crippen LogP contribution in [0.3, 0.4) is 0 Å². The number of rotatable bonds is 3. The van der Waals surface area contributed by atoms with Crippen LogP contribution < -0.4 is 11.1 Å². The van der Waals surface area contributed by atoms with E-state index < -0.39 is 0 Å². The van der Waals surface area contributed by atoms with E-state index in [0.717, 1.165) is 28.1 Å². The van der Waals surface area contributed by atoms with Gasteiger partial charge in [0.1, 0.15) is 0 Å². The monoisotopic (exact) mass is 269 g/mol. The van der Waals surface area contributed by atoms with Crippen LogP contribution in [0.4, 0.5) is 11.4 Å². The Morgan fingerprint density at radius 1 is 1.30 bits per heavy atom. The number of nitrogens with two attached hydrogens (primary N) is 1. The van der Waals surface area contributed by atoms with Crippen LogP contribution in [0.25, 0.3) is 10.8 Å². The molecule has 1 aromatic heterocycles. The van der Waals surface area contributed by atoms with Crippen molar-refractivity contribution in [3.8, 4) is 0 Å². The molecule has 1 aromatic carbocycles. The average Bonchev–Trinajstić information content (AvgIpc) is 2.50. The highest BCUT2D eigenvalue weighted by Gasteiger charge is 2.21. The molecule has 20 heavy (non-hydrogen) atoms. The van der Waals surface area contributed by atoms with Crippen LogP contribution in [0.5, 0.6) is 0 Å². The second-order valence-electron chi connectivity index (χ2n) is 5.91. The van der Waals surface area contributed by atoms with E-state index in [1.165, 1.54) is 32.1 Å². The quantitative estimate of drug-likeness (QED) is 0.821. The Kier molecular flexibility index (Phi) is 3.77. The third-order valence-corrected chi connectivity index (χ3v) is 4.58. The van der Waals surface area contributed by atoms with Crippen LogP contribution in [0.1, 0.15) is 39.0 Å². The van der Waals surface area contributed by atoms with Crippen molar-refractivity contribution in [2.75, 3.05) is 11.1 Å². The van der Waals surface area contributed by atoms with Crippen molar-refractivity contribution in [3.63, 3.8) is 0 Å². The molecular weight excluding hydrogens is 246 g/mol. The first-order valence-electron chi connectivity index (χ1n) is 7.66. The number of nitrogen functional groups attached to an aromatic ring is 1. The predicted octanol–water partition coefficient (Wildman–Crippen LogP) is 4.20. The maximum atomic E-state index is 6.31. The van der Waals surface area contributed by atoms with E-state index in [2.05, 4.69) is 29.4 Å². The predicted molar refractivity (Wildman–Crippen MR) is 85.8 cm³/mol. The summed E-state index contributed by atoms with van der Waals surface area (Å²) in [5.74, 6) is 0.868. The average molecular weight is 269 g/mol. The largest absolute Gasteiger partial charge is 0.397 e. The Morgan fingerprint density at radius 2 is 2.20 bits per heavy atom. The van der Waals surface area contributed by atoms with E-state index in [-0.39, 0.29) is 0 Å². The summed E-state index contributed by atoms with van der Waals surface area (Å²) in [6.07, 6.45) is 10.2. The van der Waals surface area contributed by atoms with Gasteiger partial charge in [0, 0.05) is 29.2 Å². The highest BCUT2D eigenvalue weighted by molar-refractivity contribution is 5.98. The molecule has 2 atom stereocenters. The second-order valence-corrected chi connectivity index (χ2v) is 5.91. The molecule has 3 rings (SSSR count). The number of anilines is 2. The van der Waals surface area contributed by atoms with Gasteiger partial charge in [-0.25, -0.2) is 0 Å². The van der Waals surface area contributed by atoms with Gasteiger partial charge in [-0.2, -0.15) is 0 Å². The molecular formula is C17H23N3. The van der Waals surface area contributed by atoms with E-state index >= 15 is 0 Å². The van der Waals surface area contributed by atoms with Gasteiger partial charge >= 0.3 is 0 Å². The molecule has 0 amide bonds. The summed E-state index contributed by atoms with van der Waals surface area (Å²) in [6.45, 7) is 2.30. The van der Waals surface area contributed by atoms with Crippen LogP contribution in [0, 0.1) is 5.92 Å². The molecule has 3 nitrogen and oxygen atoms in total. The fourth-order valence-corrected chi connectivity index (χ4v) is 3.33. The van der Waals surface area contributed by atoms with Crippen LogP contribution in [-0.2, 0) is 0 Å². The topological polar surface area (TPSA) is 50.9 Å². The van der Waals surface area contributed by atoms with Gasteiger partial charge in [0.15, 0.2) is 0 Å². The van der Waals surface area contributed by atoms with E-state index in [4.69, 9.17) is 5.73 Å². The Hall–Kier alpha value is -1.77. The fraction of sp³-hybridized carbons (Fsp3) is 0.471. The van der Waals surface area contributed by atoms with Gasteiger partial charge in [0.05, 0.1) is 11.4 Å². The van der Waals surface area contributed by atoms with Gasteiger partial charge in [0.25, 0.3) is 0 Å². The molecule has 0 radical (unpaired) electrons. The summed E-state index contributed by atoms with van der Waals surface area (Å²) >= 11 is 0. The molecule has 1 saturated carbocycles. The molecule has 1 aliphatic rings. The molecule has 1 aliphatic carbocycles. The minimum absolute atomic E-state index is 0.565. The van der Waals surface area contributed by atoms with Crippen molar-refractivity contribution in [2.45, 2.75) is 45.1 Å². The Balaban J connectivity index is 1.82. The number of benzene rings is 1. The number of hydrogen-bond acceptors (Lipinski definition) is 3. The molecule has 0 bridgehead atoms. The van der Waals surface area contributed by atoms with Crippen molar-refractivity contribution in [3.05, 3.63) is 30.6 Å². The number of hydrogen-bond donors (Lipinski definition) is 2. The van der Waals surface area contributed by atoms with Gasteiger partial charge in [-0.1, -0.05) is 32.3 Å². The summed E-state index contributed by atoms with van der Waals surface area (Å²) in [6, 6.07) is 6.75. The zero-order valence-corrected chi connectivity index (χ0v) is 12.1. The minimum Gasteiger partial charge on any atom is -0.397 e. The molecule has 0 aliphatic heterocycles. The first-order valence-corrected chi connectivity index (χ1v) is 7.66. The molecule has 3 heteroatoms. The maximum absolute atomic E-state index is 6.31.